The summed E-state index contributed by atoms with van der Waals surface area (Å²) in [6, 6.07) is 15.7. The van der Waals surface area contributed by atoms with Crippen LogP contribution in [-0.4, -0.2) is 34.6 Å². The predicted molar refractivity (Wildman–Crippen MR) is 134 cm³/mol. The number of hydrogen-bond acceptors (Lipinski definition) is 3. The first-order valence-corrected chi connectivity index (χ1v) is 13.0. The monoisotopic (exact) mass is 472 g/mol. The van der Waals surface area contributed by atoms with Crippen LogP contribution < -0.4 is 5.32 Å². The summed E-state index contributed by atoms with van der Waals surface area (Å²) in [5.41, 5.74) is 3.35. The molecule has 0 aliphatic heterocycles. The summed E-state index contributed by atoms with van der Waals surface area (Å²) in [5, 5.41) is 3.90. The van der Waals surface area contributed by atoms with Gasteiger partial charge in [-0.2, -0.15) is 0 Å². The van der Waals surface area contributed by atoms with Gasteiger partial charge in [0.25, 0.3) is 0 Å². The second-order valence-electron chi connectivity index (χ2n) is 8.54. The van der Waals surface area contributed by atoms with Crippen molar-refractivity contribution in [2.24, 2.45) is 0 Å². The van der Waals surface area contributed by atoms with Gasteiger partial charge in [0.05, 0.1) is 5.75 Å². The van der Waals surface area contributed by atoms with E-state index in [0.29, 0.717) is 23.7 Å². The van der Waals surface area contributed by atoms with Crippen molar-refractivity contribution in [2.75, 3.05) is 5.75 Å². The average molecular weight is 473 g/mol. The van der Waals surface area contributed by atoms with E-state index in [-0.39, 0.29) is 17.9 Å². The Morgan fingerprint density at radius 3 is 2.31 bits per heavy atom. The molecule has 3 rings (SSSR count). The molecule has 1 N–H and O–H groups in total. The molecule has 2 aromatic carbocycles. The van der Waals surface area contributed by atoms with Gasteiger partial charge in [-0.05, 0) is 49.4 Å². The van der Waals surface area contributed by atoms with Crippen LogP contribution in [0.5, 0.6) is 0 Å². The third-order valence-corrected chi connectivity index (χ3v) is 7.21. The van der Waals surface area contributed by atoms with Gasteiger partial charge in [-0.3, -0.25) is 9.59 Å². The summed E-state index contributed by atoms with van der Waals surface area (Å²) in [6.45, 7) is 4.47. The number of thioether (sulfide) groups is 1. The van der Waals surface area contributed by atoms with Gasteiger partial charge in [0.2, 0.25) is 11.8 Å². The molecule has 0 saturated heterocycles. The van der Waals surface area contributed by atoms with Crippen LogP contribution in [-0.2, 0) is 21.9 Å². The van der Waals surface area contributed by atoms with E-state index in [2.05, 4.69) is 5.32 Å². The van der Waals surface area contributed by atoms with E-state index in [1.165, 1.54) is 5.56 Å². The molecule has 1 fully saturated rings. The Kier molecular flexibility index (Phi) is 9.49. The van der Waals surface area contributed by atoms with Crippen LogP contribution in [0.2, 0.25) is 5.02 Å². The Balaban J connectivity index is 1.68. The van der Waals surface area contributed by atoms with Gasteiger partial charge in [0, 0.05) is 23.4 Å². The third kappa shape index (κ3) is 7.28. The zero-order valence-electron chi connectivity index (χ0n) is 19.0. The molecule has 1 aliphatic rings. The second kappa shape index (κ2) is 12.3. The first-order chi connectivity index (χ1) is 15.5. The van der Waals surface area contributed by atoms with Crippen molar-refractivity contribution in [1.82, 2.24) is 10.2 Å². The van der Waals surface area contributed by atoms with Gasteiger partial charge >= 0.3 is 0 Å². The van der Waals surface area contributed by atoms with Gasteiger partial charge < -0.3 is 10.2 Å². The number of benzene rings is 2. The second-order valence-corrected chi connectivity index (χ2v) is 9.96. The highest BCUT2D eigenvalue weighted by atomic mass is 35.5. The standard InChI is InChI=1S/C26H33ClN2O2S/c1-3-24(26(31)28-23-6-4-5-7-23)29(16-20-10-8-19(2)9-11-20)25(30)18-32-17-21-12-14-22(27)15-13-21/h8-15,23-24H,3-7,16-18H2,1-2H3,(H,28,31)/t24-/m0/s1. The first kappa shape index (κ1) is 24.7. The summed E-state index contributed by atoms with van der Waals surface area (Å²) in [5.74, 6) is 1.04. The number of hydrogen-bond donors (Lipinski definition) is 1. The smallest absolute Gasteiger partial charge is 0.243 e. The predicted octanol–water partition coefficient (Wildman–Crippen LogP) is 5.75. The summed E-state index contributed by atoms with van der Waals surface area (Å²) in [4.78, 5) is 28.2. The van der Waals surface area contributed by atoms with Gasteiger partial charge in [-0.1, -0.05) is 73.3 Å². The molecule has 2 amide bonds. The Morgan fingerprint density at radius 2 is 1.69 bits per heavy atom. The molecule has 2 aromatic rings. The number of carbonyl (C=O) groups is 2. The maximum absolute atomic E-state index is 13.3. The van der Waals surface area contributed by atoms with Crippen molar-refractivity contribution in [1.29, 1.82) is 0 Å². The van der Waals surface area contributed by atoms with Gasteiger partial charge in [0.15, 0.2) is 0 Å². The summed E-state index contributed by atoms with van der Waals surface area (Å²) >= 11 is 7.53. The van der Waals surface area contributed by atoms with E-state index in [9.17, 15) is 9.59 Å². The fourth-order valence-electron chi connectivity index (χ4n) is 4.10. The fourth-order valence-corrected chi connectivity index (χ4v) is 5.09. The lowest BCUT2D eigenvalue weighted by Crippen LogP contribution is -2.51. The van der Waals surface area contributed by atoms with Crippen LogP contribution in [0.3, 0.4) is 0 Å². The van der Waals surface area contributed by atoms with Crippen molar-refractivity contribution in [3.05, 3.63) is 70.2 Å². The average Bonchev–Trinajstić information content (AvgIpc) is 3.29. The highest BCUT2D eigenvalue weighted by Crippen LogP contribution is 2.21. The maximum atomic E-state index is 13.3. The minimum absolute atomic E-state index is 0.00189. The number of halogens is 1. The van der Waals surface area contributed by atoms with E-state index in [0.717, 1.165) is 42.6 Å². The zero-order valence-corrected chi connectivity index (χ0v) is 20.6. The molecule has 0 spiro atoms. The van der Waals surface area contributed by atoms with Gasteiger partial charge in [-0.25, -0.2) is 0 Å². The van der Waals surface area contributed by atoms with Crippen molar-refractivity contribution in [3.8, 4) is 0 Å². The fraction of sp³-hybridized carbons (Fsp3) is 0.462. The summed E-state index contributed by atoms with van der Waals surface area (Å²) in [6.07, 6.45) is 4.98. The molecular formula is C26H33ClN2O2S. The highest BCUT2D eigenvalue weighted by molar-refractivity contribution is 7.99. The minimum atomic E-state index is -0.458. The zero-order chi connectivity index (χ0) is 22.9. The quantitative estimate of drug-likeness (QED) is 0.479. The van der Waals surface area contributed by atoms with Crippen molar-refractivity contribution in [3.63, 3.8) is 0 Å². The van der Waals surface area contributed by atoms with Crippen LogP contribution in [0, 0.1) is 6.92 Å². The lowest BCUT2D eigenvalue weighted by Gasteiger charge is -2.31. The third-order valence-electron chi connectivity index (χ3n) is 5.97. The van der Waals surface area contributed by atoms with Crippen molar-refractivity contribution < 1.29 is 9.59 Å². The van der Waals surface area contributed by atoms with Crippen molar-refractivity contribution in [2.45, 2.75) is 70.3 Å². The molecule has 4 nitrogen and oxygen atoms in total. The Bertz CT molecular complexity index is 880. The van der Waals surface area contributed by atoms with Crippen molar-refractivity contribution >= 4 is 35.2 Å². The van der Waals surface area contributed by atoms with E-state index in [4.69, 9.17) is 11.6 Å². The molecular weight excluding hydrogens is 440 g/mol. The molecule has 32 heavy (non-hydrogen) atoms. The number of aryl methyl sites for hydroxylation is 1. The number of amides is 2. The van der Waals surface area contributed by atoms with Gasteiger partial charge in [-0.15, -0.1) is 11.8 Å². The molecule has 1 aliphatic carbocycles. The Hall–Kier alpha value is -1.98. The lowest BCUT2D eigenvalue weighted by molar-refractivity contribution is -0.139. The number of nitrogens with one attached hydrogen (secondary N) is 1. The van der Waals surface area contributed by atoms with Gasteiger partial charge in [0.1, 0.15) is 6.04 Å². The van der Waals surface area contributed by atoms with E-state index >= 15 is 0 Å². The van der Waals surface area contributed by atoms with Crippen LogP contribution >= 0.6 is 23.4 Å². The molecule has 0 heterocycles. The van der Waals surface area contributed by atoms with E-state index < -0.39 is 6.04 Å². The molecule has 6 heteroatoms. The summed E-state index contributed by atoms with van der Waals surface area (Å²) in [7, 11) is 0. The Labute approximate surface area is 201 Å². The molecule has 172 valence electrons. The molecule has 0 radical (unpaired) electrons. The van der Waals surface area contributed by atoms with Crippen LogP contribution in [0.25, 0.3) is 0 Å². The molecule has 0 aromatic heterocycles. The minimum Gasteiger partial charge on any atom is -0.352 e. The van der Waals surface area contributed by atoms with E-state index in [1.807, 2.05) is 62.4 Å². The molecule has 0 bridgehead atoms. The number of nitrogens with zero attached hydrogens (tertiary/aromatic N) is 1. The van der Waals surface area contributed by atoms with Crippen LogP contribution in [0.4, 0.5) is 0 Å². The Morgan fingerprint density at radius 1 is 1.06 bits per heavy atom. The maximum Gasteiger partial charge on any atom is 0.243 e. The van der Waals surface area contributed by atoms with Crippen LogP contribution in [0.1, 0.15) is 55.7 Å². The number of carbonyl (C=O) groups excluding carboxylic acids is 2. The van der Waals surface area contributed by atoms with Crippen LogP contribution in [0.15, 0.2) is 48.5 Å². The lowest BCUT2D eigenvalue weighted by atomic mass is 10.1. The first-order valence-electron chi connectivity index (χ1n) is 11.4. The van der Waals surface area contributed by atoms with E-state index in [1.54, 1.807) is 16.7 Å². The normalized spacial score (nSPS) is 14.8. The largest absolute Gasteiger partial charge is 0.352 e. The highest BCUT2D eigenvalue weighted by Gasteiger charge is 2.30. The molecule has 1 saturated carbocycles. The summed E-state index contributed by atoms with van der Waals surface area (Å²) < 4.78 is 0. The number of rotatable bonds is 10. The topological polar surface area (TPSA) is 49.4 Å². The SMILES string of the molecule is CC[C@@H](C(=O)NC1CCCC1)N(Cc1ccc(C)cc1)C(=O)CSCc1ccc(Cl)cc1. The molecule has 1 atom stereocenters. The molecule has 0 unspecified atom stereocenters.